The second-order valence-corrected chi connectivity index (χ2v) is 9.72. The number of hydrogen-bond acceptors (Lipinski definition) is 6. The number of piperidine rings is 1. The van der Waals surface area contributed by atoms with Crippen LogP contribution in [0.1, 0.15) is 18.5 Å². The molecule has 2 aliphatic rings. The van der Waals surface area contributed by atoms with E-state index in [1.54, 1.807) is 0 Å². The molecule has 0 bridgehead atoms. The highest BCUT2D eigenvalue weighted by atomic mass is 16.5. The minimum atomic E-state index is 0.686. The normalized spacial score (nSPS) is 18.5. The monoisotopic (exact) mass is 459 g/mol. The topological polar surface area (TPSA) is 64.9 Å². The lowest BCUT2D eigenvalue weighted by molar-refractivity contribution is 0.122. The molecule has 178 valence electrons. The van der Waals surface area contributed by atoms with Crippen molar-refractivity contribution in [1.29, 1.82) is 0 Å². The van der Waals surface area contributed by atoms with Crippen LogP contribution in [-0.2, 0) is 11.3 Å². The van der Waals surface area contributed by atoms with Gasteiger partial charge in [-0.1, -0.05) is 12.1 Å². The number of aromatic nitrogens is 4. The summed E-state index contributed by atoms with van der Waals surface area (Å²) < 4.78 is 7.66. The molecule has 0 amide bonds. The predicted octanol–water partition coefficient (Wildman–Crippen LogP) is 3.24. The highest BCUT2D eigenvalue weighted by Gasteiger charge is 2.23. The molecule has 5 heterocycles. The molecule has 2 saturated heterocycles. The van der Waals surface area contributed by atoms with E-state index in [4.69, 9.17) is 14.8 Å². The fourth-order valence-corrected chi connectivity index (χ4v) is 5.37. The van der Waals surface area contributed by atoms with Crippen molar-refractivity contribution in [1.82, 2.24) is 29.4 Å². The molecule has 0 aliphatic carbocycles. The van der Waals surface area contributed by atoms with Gasteiger partial charge in [-0.15, -0.1) is 0 Å². The van der Waals surface area contributed by atoms with Crippen LogP contribution in [0.25, 0.3) is 27.8 Å². The zero-order valence-electron chi connectivity index (χ0n) is 20.1. The highest BCUT2D eigenvalue weighted by molar-refractivity contribution is 5.94. The first-order valence-electron chi connectivity index (χ1n) is 12.3. The molecule has 0 atom stereocenters. The maximum absolute atomic E-state index is 5.63. The largest absolute Gasteiger partial charge is 0.378 e. The van der Waals surface area contributed by atoms with E-state index in [-0.39, 0.29) is 0 Å². The summed E-state index contributed by atoms with van der Waals surface area (Å²) >= 11 is 0. The molecule has 2 aliphatic heterocycles. The molecule has 1 aromatic carbocycles. The Balaban J connectivity index is 1.37. The van der Waals surface area contributed by atoms with Crippen LogP contribution in [-0.4, -0.2) is 88.9 Å². The lowest BCUT2D eigenvalue weighted by Gasteiger charge is -2.34. The van der Waals surface area contributed by atoms with Gasteiger partial charge >= 0.3 is 0 Å². The molecule has 6 rings (SSSR count). The van der Waals surface area contributed by atoms with Crippen LogP contribution < -0.4 is 4.90 Å². The van der Waals surface area contributed by atoms with Crippen molar-refractivity contribution in [2.24, 2.45) is 0 Å². The Morgan fingerprint density at radius 2 is 1.88 bits per heavy atom. The number of fused-ring (bicyclic) bond motifs is 2. The van der Waals surface area contributed by atoms with Gasteiger partial charge in [0.2, 0.25) is 0 Å². The molecule has 0 saturated carbocycles. The lowest BCUT2D eigenvalue weighted by Crippen LogP contribution is -2.41. The summed E-state index contributed by atoms with van der Waals surface area (Å²) in [7, 11) is 4.37. The third-order valence-corrected chi connectivity index (χ3v) is 7.34. The fourth-order valence-electron chi connectivity index (χ4n) is 5.37. The summed E-state index contributed by atoms with van der Waals surface area (Å²) in [6, 6.07) is 13.5. The zero-order chi connectivity index (χ0) is 23.1. The van der Waals surface area contributed by atoms with Crippen LogP contribution in [0, 0.1) is 0 Å². The van der Waals surface area contributed by atoms with Crippen molar-refractivity contribution in [3.8, 4) is 11.3 Å². The molecular formula is C26H33N7O. The Kier molecular flexibility index (Phi) is 5.72. The van der Waals surface area contributed by atoms with E-state index < -0.39 is 0 Å². The first kappa shape index (κ1) is 21.6. The molecule has 4 aromatic rings. The van der Waals surface area contributed by atoms with Gasteiger partial charge in [-0.2, -0.15) is 9.61 Å². The molecule has 0 radical (unpaired) electrons. The van der Waals surface area contributed by atoms with Crippen molar-refractivity contribution in [3.05, 3.63) is 48.3 Å². The van der Waals surface area contributed by atoms with Crippen molar-refractivity contribution < 1.29 is 4.74 Å². The van der Waals surface area contributed by atoms with Gasteiger partial charge < -0.3 is 19.5 Å². The van der Waals surface area contributed by atoms with Crippen LogP contribution in [0.15, 0.2) is 42.6 Å². The number of aromatic amines is 1. The summed E-state index contributed by atoms with van der Waals surface area (Å²) in [5.74, 6) is 1.09. The maximum Gasteiger partial charge on any atom is 0.158 e. The number of ether oxygens (including phenoxy) is 1. The standard InChI is InChI=1S/C26H33N7O/c1-30(2)20-7-10-31(11-8-20)18-19-16-25-28-24(21-4-3-5-23-22(21)6-9-27-23)17-26(33(25)29-19)32-12-14-34-15-13-32/h3-6,9,16-17,20,27H,7-8,10-15,18H2,1-2H3. The number of hydrogen-bond donors (Lipinski definition) is 1. The van der Waals surface area contributed by atoms with Crippen molar-refractivity contribution in [2.45, 2.75) is 25.4 Å². The SMILES string of the molecule is CN(C)C1CCN(Cc2cc3nc(-c4cccc5[nH]ccc45)cc(N4CCOCC4)n3n2)CC1. The van der Waals surface area contributed by atoms with Crippen molar-refractivity contribution in [3.63, 3.8) is 0 Å². The first-order chi connectivity index (χ1) is 16.7. The number of anilines is 1. The van der Waals surface area contributed by atoms with Crippen LogP contribution in [0.2, 0.25) is 0 Å². The van der Waals surface area contributed by atoms with E-state index >= 15 is 0 Å². The van der Waals surface area contributed by atoms with Crippen LogP contribution in [0.5, 0.6) is 0 Å². The van der Waals surface area contributed by atoms with Crippen LogP contribution in [0.4, 0.5) is 5.82 Å². The molecule has 2 fully saturated rings. The summed E-state index contributed by atoms with van der Waals surface area (Å²) in [5, 5.41) is 6.23. The summed E-state index contributed by atoms with van der Waals surface area (Å²) in [4.78, 5) is 15.7. The van der Waals surface area contributed by atoms with Gasteiger partial charge in [-0.25, -0.2) is 4.98 Å². The predicted molar refractivity (Wildman–Crippen MR) is 135 cm³/mol. The number of benzene rings is 1. The van der Waals surface area contributed by atoms with E-state index in [2.05, 4.69) is 70.2 Å². The van der Waals surface area contributed by atoms with Gasteiger partial charge in [-0.05, 0) is 39.1 Å². The smallest absolute Gasteiger partial charge is 0.158 e. The van der Waals surface area contributed by atoms with E-state index in [1.807, 2.05) is 10.7 Å². The zero-order valence-corrected chi connectivity index (χ0v) is 20.1. The van der Waals surface area contributed by atoms with Crippen LogP contribution in [0.3, 0.4) is 0 Å². The molecular weight excluding hydrogens is 426 g/mol. The number of nitrogens with one attached hydrogen (secondary N) is 1. The molecule has 3 aromatic heterocycles. The molecule has 8 heteroatoms. The number of likely N-dealkylation sites (tertiary alicyclic amines) is 1. The Morgan fingerprint density at radius 3 is 2.68 bits per heavy atom. The maximum atomic E-state index is 5.63. The van der Waals surface area contributed by atoms with Gasteiger partial charge in [0, 0.05) is 73.6 Å². The Morgan fingerprint density at radius 1 is 1.06 bits per heavy atom. The third-order valence-electron chi connectivity index (χ3n) is 7.34. The second kappa shape index (κ2) is 9.02. The summed E-state index contributed by atoms with van der Waals surface area (Å²) in [5.41, 5.74) is 5.25. The fraction of sp³-hybridized carbons (Fsp3) is 0.462. The molecule has 1 N–H and O–H groups in total. The van der Waals surface area contributed by atoms with E-state index in [0.29, 0.717) is 6.04 Å². The average molecular weight is 460 g/mol. The first-order valence-corrected chi connectivity index (χ1v) is 12.3. The Labute approximate surface area is 200 Å². The Bertz CT molecular complexity index is 1280. The number of rotatable bonds is 5. The van der Waals surface area contributed by atoms with E-state index in [1.165, 1.54) is 18.2 Å². The van der Waals surface area contributed by atoms with Gasteiger partial charge in [0.1, 0.15) is 5.82 Å². The van der Waals surface area contributed by atoms with Gasteiger partial charge in [0.05, 0.1) is 24.6 Å². The second-order valence-electron chi connectivity index (χ2n) is 9.72. The molecule has 34 heavy (non-hydrogen) atoms. The van der Waals surface area contributed by atoms with Crippen molar-refractivity contribution in [2.75, 3.05) is 58.4 Å². The van der Waals surface area contributed by atoms with Gasteiger partial charge in [0.25, 0.3) is 0 Å². The third kappa shape index (κ3) is 4.06. The number of H-pyrrole nitrogens is 1. The minimum absolute atomic E-state index is 0.686. The summed E-state index contributed by atoms with van der Waals surface area (Å²) in [6.45, 7) is 6.29. The molecule has 8 nitrogen and oxygen atoms in total. The van der Waals surface area contributed by atoms with E-state index in [9.17, 15) is 0 Å². The minimum Gasteiger partial charge on any atom is -0.378 e. The highest BCUT2D eigenvalue weighted by Crippen LogP contribution is 2.31. The summed E-state index contributed by atoms with van der Waals surface area (Å²) in [6.07, 6.45) is 4.41. The van der Waals surface area contributed by atoms with Gasteiger partial charge in [-0.3, -0.25) is 4.90 Å². The number of nitrogens with zero attached hydrogens (tertiary/aromatic N) is 6. The number of morpholine rings is 1. The van der Waals surface area contributed by atoms with Crippen molar-refractivity contribution >= 4 is 22.4 Å². The lowest BCUT2D eigenvalue weighted by atomic mass is 10.0. The van der Waals surface area contributed by atoms with Crippen LogP contribution >= 0.6 is 0 Å². The Hall–Kier alpha value is -2.94. The quantitative estimate of drug-likeness (QED) is 0.494. The van der Waals surface area contributed by atoms with E-state index in [0.717, 1.165) is 79.9 Å². The molecule has 0 unspecified atom stereocenters. The van der Waals surface area contributed by atoms with Gasteiger partial charge in [0.15, 0.2) is 5.65 Å². The molecule has 0 spiro atoms. The average Bonchev–Trinajstić information content (AvgIpc) is 3.50.